The molecule has 0 N–H and O–H groups in total. The van der Waals surface area contributed by atoms with Crippen LogP contribution in [0.2, 0.25) is 0 Å². The van der Waals surface area contributed by atoms with Crippen LogP contribution in [0.4, 0.5) is 0 Å². The van der Waals surface area contributed by atoms with Crippen LogP contribution in [0, 0.1) is 10.2 Å². The summed E-state index contributed by atoms with van der Waals surface area (Å²) in [6.45, 7) is 0. The van der Waals surface area contributed by atoms with E-state index in [0.717, 1.165) is 22.6 Å². The van der Waals surface area contributed by atoms with Crippen molar-refractivity contribution in [3.8, 4) is 0 Å². The van der Waals surface area contributed by atoms with Crippen LogP contribution in [0.5, 0.6) is 0 Å². The van der Waals surface area contributed by atoms with E-state index in [9.17, 15) is 14.0 Å². The fourth-order valence-corrected chi connectivity index (χ4v) is 7.34. The van der Waals surface area contributed by atoms with E-state index in [0.29, 0.717) is 0 Å². The minimum absolute atomic E-state index is 0.0681. The summed E-state index contributed by atoms with van der Waals surface area (Å²) in [7, 11) is -6.83. The second-order valence-electron chi connectivity index (χ2n) is 4.87. The fourth-order valence-electron chi connectivity index (χ4n) is 2.41. The summed E-state index contributed by atoms with van der Waals surface area (Å²) in [5.74, 6) is 0. The van der Waals surface area contributed by atoms with Crippen LogP contribution < -0.4 is 14.0 Å². The van der Waals surface area contributed by atoms with E-state index in [1.165, 1.54) is 0 Å². The lowest BCUT2D eigenvalue weighted by atomic mass is 10.4. The highest BCUT2D eigenvalue weighted by atomic mass is 35.7. The molecule has 3 rings (SSSR count). The second-order valence-corrected chi connectivity index (χ2v) is 8.94. The summed E-state index contributed by atoms with van der Waals surface area (Å²) in [5, 5.41) is 0.0681. The monoisotopic (exact) mass is 326 g/mol. The third-order valence-corrected chi connectivity index (χ3v) is 8.12. The zero-order valence-electron chi connectivity index (χ0n) is 11.2. The van der Waals surface area contributed by atoms with E-state index in [1.807, 2.05) is 60.7 Å². The molecule has 0 heterocycles. The van der Waals surface area contributed by atoms with Crippen LogP contribution in [-0.4, -0.2) is 5.25 Å². The quantitative estimate of drug-likeness (QED) is 0.818. The summed E-state index contributed by atoms with van der Waals surface area (Å²) in [6.07, 6.45) is 1.73. The Morgan fingerprint density at radius 3 is 1.57 bits per heavy atom. The van der Waals surface area contributed by atoms with Crippen LogP contribution in [0.25, 0.3) is 0 Å². The first-order valence-electron chi connectivity index (χ1n) is 6.57. The Bertz CT molecular complexity index is 557. The molecule has 4 nitrogen and oxygen atoms in total. The number of halogens is 1. The molecule has 0 atom stereocenters. The van der Waals surface area contributed by atoms with Gasteiger partial charge in [-0.05, 0) is 37.1 Å². The molecule has 2 aromatic carbocycles. The predicted molar refractivity (Wildman–Crippen MR) is 71.1 cm³/mol. The average molecular weight is 327 g/mol. The fraction of sp³-hybridized carbons (Fsp3) is 0.200. The maximum atomic E-state index is 11.3. The number of benzene rings is 2. The molecule has 0 saturated heterocycles. The highest BCUT2D eigenvalue weighted by Crippen LogP contribution is 2.73. The average Bonchev–Trinajstić information content (AvgIpc) is 3.31. The molecule has 112 valence electrons. The van der Waals surface area contributed by atoms with Crippen molar-refractivity contribution in [3.63, 3.8) is 0 Å². The highest BCUT2D eigenvalue weighted by molar-refractivity contribution is 8.30. The van der Waals surface area contributed by atoms with Gasteiger partial charge in [-0.25, -0.2) is 0 Å². The molecular formula is C15H15ClO4S. The van der Waals surface area contributed by atoms with Crippen molar-refractivity contribution < 1.29 is 28.0 Å². The van der Waals surface area contributed by atoms with E-state index in [-0.39, 0.29) is 5.25 Å². The molecule has 0 aliphatic heterocycles. The van der Waals surface area contributed by atoms with Crippen LogP contribution in [0.3, 0.4) is 0 Å². The van der Waals surface area contributed by atoms with Crippen molar-refractivity contribution in [2.24, 2.45) is 0 Å². The summed E-state index contributed by atoms with van der Waals surface area (Å²) in [6, 6.07) is 18.4. The van der Waals surface area contributed by atoms with Gasteiger partial charge in [-0.15, -0.1) is 0 Å². The van der Waals surface area contributed by atoms with Gasteiger partial charge in [-0.1, -0.05) is 36.4 Å². The van der Waals surface area contributed by atoms with Gasteiger partial charge in [-0.3, -0.25) is 0 Å². The Hall–Kier alpha value is -1.08. The first-order chi connectivity index (χ1) is 10.0. The van der Waals surface area contributed by atoms with Gasteiger partial charge >= 0.3 is 0 Å². The van der Waals surface area contributed by atoms with Crippen molar-refractivity contribution in [1.82, 2.24) is 0 Å². The normalized spacial score (nSPS) is 16.7. The number of hydrogen-bond acceptors (Lipinski definition) is 4. The third kappa shape index (κ3) is 3.08. The van der Waals surface area contributed by atoms with Crippen molar-refractivity contribution in [1.29, 1.82) is 0 Å². The van der Waals surface area contributed by atoms with Gasteiger partial charge < -0.3 is 0 Å². The standard InChI is InChI=1S/C15H15ClO4S/c17-16(18,19)20-21(15-11-12-15,13-7-3-1-4-8-13)14-9-5-2-6-10-14/h1-10,15H,11-12H2. The molecule has 1 aliphatic carbocycles. The van der Waals surface area contributed by atoms with Crippen LogP contribution >= 0.6 is 10.3 Å². The molecule has 0 aromatic heterocycles. The van der Waals surface area contributed by atoms with Crippen LogP contribution in [0.1, 0.15) is 12.8 Å². The van der Waals surface area contributed by atoms with Gasteiger partial charge in [0.15, 0.2) is 0 Å². The predicted octanol–water partition coefficient (Wildman–Crippen LogP) is 0.900. The van der Waals surface area contributed by atoms with Gasteiger partial charge in [0.1, 0.15) is 3.74 Å². The van der Waals surface area contributed by atoms with Crippen molar-refractivity contribution in [3.05, 3.63) is 60.7 Å². The minimum atomic E-state index is -4.50. The molecule has 2 aromatic rings. The second kappa shape index (κ2) is 5.61. The first-order valence-corrected chi connectivity index (χ1v) is 9.42. The Kier molecular flexibility index (Phi) is 3.96. The molecular weight excluding hydrogens is 312 g/mol. The van der Waals surface area contributed by atoms with Crippen molar-refractivity contribution >= 4 is 10.3 Å². The topological polar surface area (TPSA) is 78.4 Å². The lowest BCUT2D eigenvalue weighted by Gasteiger charge is -2.34. The van der Waals surface area contributed by atoms with Crippen molar-refractivity contribution in [2.75, 3.05) is 0 Å². The number of rotatable bonds is 5. The van der Waals surface area contributed by atoms with Crippen LogP contribution in [-0.2, 0) is 3.74 Å². The zero-order chi connectivity index (χ0) is 14.9. The molecule has 0 amide bonds. The molecule has 0 radical (unpaired) electrons. The van der Waals surface area contributed by atoms with Gasteiger partial charge in [0.25, 0.3) is 0 Å². The Morgan fingerprint density at radius 2 is 1.24 bits per heavy atom. The summed E-state index contributed by atoms with van der Waals surface area (Å²) < 4.78 is 39.2. The number of hydrogen-bond donors (Lipinski definition) is 0. The van der Waals surface area contributed by atoms with Gasteiger partial charge in [-0.2, -0.15) is 14.0 Å². The molecule has 0 unspecified atom stereocenters. The van der Waals surface area contributed by atoms with Gasteiger partial charge in [0.2, 0.25) is 0 Å². The maximum absolute atomic E-state index is 11.3. The van der Waals surface area contributed by atoms with E-state index in [2.05, 4.69) is 0 Å². The molecule has 0 bridgehead atoms. The summed E-state index contributed by atoms with van der Waals surface area (Å²) in [4.78, 5) is 1.54. The SMILES string of the molecule is [O-][Cl+3]([O-])([O-])OS(c1ccccc1)(c1ccccc1)C1CC1. The third-order valence-electron chi connectivity index (χ3n) is 3.36. The molecule has 0 spiro atoms. The molecule has 1 fully saturated rings. The Balaban J connectivity index is 2.17. The zero-order valence-corrected chi connectivity index (χ0v) is 12.8. The van der Waals surface area contributed by atoms with E-state index >= 15 is 0 Å². The Labute approximate surface area is 127 Å². The van der Waals surface area contributed by atoms with Gasteiger partial charge in [0, 0.05) is 15.0 Å². The maximum Gasteiger partial charge on any atom is 0.130 e. The largest absolute Gasteiger partial charge is 0.182 e. The van der Waals surface area contributed by atoms with Crippen molar-refractivity contribution in [2.45, 2.75) is 27.9 Å². The molecule has 1 aliphatic rings. The highest BCUT2D eigenvalue weighted by Gasteiger charge is 2.54. The molecule has 6 heteroatoms. The van der Waals surface area contributed by atoms with Crippen LogP contribution in [0.15, 0.2) is 70.5 Å². The Morgan fingerprint density at radius 1 is 0.810 bits per heavy atom. The molecule has 1 saturated carbocycles. The van der Waals surface area contributed by atoms with E-state index in [1.54, 1.807) is 0 Å². The van der Waals surface area contributed by atoms with E-state index < -0.39 is 20.6 Å². The first kappa shape index (κ1) is 14.8. The molecule has 21 heavy (non-hydrogen) atoms. The summed E-state index contributed by atoms with van der Waals surface area (Å²) in [5.41, 5.74) is 0. The van der Waals surface area contributed by atoms with E-state index in [4.69, 9.17) is 3.74 Å². The lowest BCUT2D eigenvalue weighted by molar-refractivity contribution is -1.91. The smallest absolute Gasteiger partial charge is 0.130 e. The minimum Gasteiger partial charge on any atom is -0.182 e. The van der Waals surface area contributed by atoms with Gasteiger partial charge in [0.05, 0.1) is 20.6 Å². The summed E-state index contributed by atoms with van der Waals surface area (Å²) >= 11 is 0. The lowest BCUT2D eigenvalue weighted by Crippen LogP contribution is -2.61.